The average molecular weight is 1480 g/mol. The van der Waals surface area contributed by atoms with E-state index < -0.39 is 114 Å². The maximum atomic E-state index is 10.0. The van der Waals surface area contributed by atoms with Gasteiger partial charge in [-0.25, -0.2) is 0 Å². The molecule has 113 heavy (non-hydrogen) atoms. The number of benzene rings is 14. The summed E-state index contributed by atoms with van der Waals surface area (Å²) in [6, 6.07) is 63.1. The zero-order valence-corrected chi connectivity index (χ0v) is 67.9. The van der Waals surface area contributed by atoms with E-state index in [1.807, 2.05) is 42.5 Å². The average Bonchev–Trinajstić information content (AvgIpc) is 1.14. The SMILES string of the molecule is [2H]c1c([2H])c([2H])c2c(c1[2H])c1c([2H])c([2H])c([2H])c([2H])c1n2-c1ccc2c(c1)N(c1c(-c3cccc(C(C)(C)C)c3)cc(C(C)(C)C)cc1-c1cccc(C(C)(C)C)c1)c1cc(-c3ccccc3)cc3c1B2c1ccc(-n2c4c([2H])c([2H])c([2H])c([2H])c4c4c([2H])c([2H])c([2H])c([2H])c42)cc1N3c1c(-c2cccc(C(C)(C)C)c2)cc(C(C)(C)C)cc1-c1cccc(C(C)(C)C)c1. The van der Waals surface area contributed by atoms with E-state index in [4.69, 9.17) is 0 Å². The first kappa shape index (κ1) is 56.5. The van der Waals surface area contributed by atoms with Gasteiger partial charge in [0.2, 0.25) is 0 Å². The lowest BCUT2D eigenvalue weighted by Crippen LogP contribution is -2.61. The predicted molar refractivity (Wildman–Crippen MR) is 489 cm³/mol. The highest BCUT2D eigenvalue weighted by Gasteiger charge is 2.47. The first-order valence-corrected chi connectivity index (χ1v) is 39.4. The topological polar surface area (TPSA) is 16.3 Å². The van der Waals surface area contributed by atoms with Crippen molar-refractivity contribution in [3.63, 3.8) is 0 Å². The zero-order chi connectivity index (χ0) is 92.7. The molecule has 4 nitrogen and oxygen atoms in total. The Morgan fingerprint density at radius 2 is 0.531 bits per heavy atom. The summed E-state index contributed by atoms with van der Waals surface area (Å²) < 4.78 is 157. The molecule has 0 amide bonds. The molecule has 2 aromatic heterocycles. The number of hydrogen-bond acceptors (Lipinski definition) is 2. The van der Waals surface area contributed by atoms with Crippen molar-refractivity contribution in [1.29, 1.82) is 0 Å². The summed E-state index contributed by atoms with van der Waals surface area (Å²) in [7, 11) is 0. The lowest BCUT2D eigenvalue weighted by Gasteiger charge is -2.46. The number of hydrogen-bond donors (Lipinski definition) is 0. The van der Waals surface area contributed by atoms with Crippen molar-refractivity contribution in [1.82, 2.24) is 9.13 Å². The molecule has 0 fully saturated rings. The van der Waals surface area contributed by atoms with E-state index in [1.54, 1.807) is 9.13 Å². The van der Waals surface area contributed by atoms with Gasteiger partial charge >= 0.3 is 0 Å². The molecule has 0 aliphatic carbocycles. The van der Waals surface area contributed by atoms with E-state index >= 15 is 0 Å². The van der Waals surface area contributed by atoms with Crippen LogP contribution in [0.15, 0.2) is 297 Å². The van der Waals surface area contributed by atoms with Crippen LogP contribution in [0.25, 0.3) is 111 Å². The van der Waals surface area contributed by atoms with Gasteiger partial charge < -0.3 is 18.9 Å². The van der Waals surface area contributed by atoms with Crippen LogP contribution in [0.5, 0.6) is 0 Å². The van der Waals surface area contributed by atoms with E-state index in [2.05, 4.69) is 292 Å². The normalized spacial score (nSPS) is 15.3. The Balaban J connectivity index is 1.11. The molecule has 0 N–H and O–H groups in total. The lowest BCUT2D eigenvalue weighted by molar-refractivity contribution is 0.589. The minimum atomic E-state index is -0.815. The molecule has 0 bridgehead atoms. The molecule has 16 aromatic rings. The first-order chi connectivity index (χ1) is 60.5. The highest BCUT2D eigenvalue weighted by molar-refractivity contribution is 7.00. The third-order valence-corrected chi connectivity index (χ3v) is 23.3. The molecule has 0 radical (unpaired) electrons. The quantitative estimate of drug-likeness (QED) is 0.134. The molecule has 0 atom stereocenters. The second-order valence-corrected chi connectivity index (χ2v) is 37.1. The Labute approximate surface area is 692 Å². The van der Waals surface area contributed by atoms with Gasteiger partial charge in [-0.15, -0.1) is 0 Å². The van der Waals surface area contributed by atoms with Crippen molar-refractivity contribution in [3.05, 3.63) is 330 Å². The molecule has 2 aliphatic heterocycles. The van der Waals surface area contributed by atoms with E-state index in [9.17, 15) is 21.9 Å². The molecular formula is C108H103BN4. The molecule has 5 heteroatoms. The fourth-order valence-electron chi connectivity index (χ4n) is 17.0. The molecule has 0 saturated carbocycles. The molecule has 14 aromatic carbocycles. The minimum absolute atomic E-state index is 0.0515. The maximum absolute atomic E-state index is 10.0. The summed E-state index contributed by atoms with van der Waals surface area (Å²) >= 11 is 0. The smallest absolute Gasteiger partial charge is 0.252 e. The lowest BCUT2D eigenvalue weighted by atomic mass is 9.33. The monoisotopic (exact) mass is 1480 g/mol. The van der Waals surface area contributed by atoms with Crippen LogP contribution in [-0.4, -0.2) is 15.8 Å². The van der Waals surface area contributed by atoms with Crippen LogP contribution in [0.1, 0.15) is 180 Å². The Hall–Kier alpha value is -11.7. The second-order valence-electron chi connectivity index (χ2n) is 37.1. The second kappa shape index (κ2) is 26.5. The summed E-state index contributed by atoms with van der Waals surface area (Å²) in [5, 5.41) is -0.293. The zero-order valence-electron chi connectivity index (χ0n) is 83.9. The van der Waals surface area contributed by atoms with E-state index in [0.29, 0.717) is 22.7 Å². The van der Waals surface area contributed by atoms with Gasteiger partial charge in [0.15, 0.2) is 0 Å². The number of nitrogens with zero attached hydrogens (tertiary/aromatic N) is 4. The molecule has 558 valence electrons. The van der Waals surface area contributed by atoms with E-state index in [-0.39, 0.29) is 65.3 Å². The van der Waals surface area contributed by atoms with Gasteiger partial charge in [-0.1, -0.05) is 337 Å². The van der Waals surface area contributed by atoms with Gasteiger partial charge in [0.25, 0.3) is 6.71 Å². The summed E-state index contributed by atoms with van der Waals surface area (Å²) in [6.45, 7) is 39.2. The summed E-state index contributed by atoms with van der Waals surface area (Å²) in [5.74, 6) is 0. The van der Waals surface area contributed by atoms with Crippen molar-refractivity contribution in [2.75, 3.05) is 9.80 Å². The molecule has 0 saturated heterocycles. The molecule has 4 heterocycles. The van der Waals surface area contributed by atoms with Gasteiger partial charge in [-0.05, 0) is 200 Å². The van der Waals surface area contributed by atoms with Gasteiger partial charge in [-0.3, -0.25) is 0 Å². The van der Waals surface area contributed by atoms with Gasteiger partial charge in [0, 0.05) is 77.9 Å². The number of aromatic nitrogens is 2. The van der Waals surface area contributed by atoms with Crippen LogP contribution in [-0.2, 0) is 32.5 Å². The number of fused-ring (bicyclic) bond motifs is 10. The fourth-order valence-corrected chi connectivity index (χ4v) is 17.0. The van der Waals surface area contributed by atoms with Crippen molar-refractivity contribution >= 4 is 101 Å². The highest BCUT2D eigenvalue weighted by Crippen LogP contribution is 2.57. The van der Waals surface area contributed by atoms with Crippen LogP contribution in [0.3, 0.4) is 0 Å². The minimum Gasteiger partial charge on any atom is -0.310 e. The largest absolute Gasteiger partial charge is 0.310 e. The summed E-state index contributed by atoms with van der Waals surface area (Å²) in [4.78, 5) is 4.79. The van der Waals surface area contributed by atoms with Crippen molar-refractivity contribution in [3.8, 4) is 67.0 Å². The molecule has 2 aliphatic rings. The molecule has 18 rings (SSSR count). The van der Waals surface area contributed by atoms with E-state index in [1.165, 1.54) is 0 Å². The van der Waals surface area contributed by atoms with Crippen molar-refractivity contribution in [2.45, 2.75) is 157 Å². The third kappa shape index (κ3) is 12.5. The highest BCUT2D eigenvalue weighted by atomic mass is 15.2. The number of para-hydroxylation sites is 4. The summed E-state index contributed by atoms with van der Waals surface area (Å²) in [6.07, 6.45) is 0. The predicted octanol–water partition coefficient (Wildman–Crippen LogP) is 28.1. The fraction of sp³-hybridized carbons (Fsp3) is 0.222. The Morgan fingerprint density at radius 3 is 0.823 bits per heavy atom. The maximum Gasteiger partial charge on any atom is 0.252 e. The molecule has 0 unspecified atom stereocenters. The number of anilines is 6. The van der Waals surface area contributed by atoms with Crippen LogP contribution < -0.4 is 26.2 Å². The summed E-state index contributed by atoms with van der Waals surface area (Å²) in [5.41, 5.74) is 19.9. The van der Waals surface area contributed by atoms with Gasteiger partial charge in [0.05, 0.1) is 55.4 Å². The van der Waals surface area contributed by atoms with Crippen molar-refractivity contribution in [2.24, 2.45) is 0 Å². The Bertz CT molecular complexity index is 6790. The third-order valence-electron chi connectivity index (χ3n) is 23.3. The first-order valence-electron chi connectivity index (χ1n) is 47.4. The Kier molecular flexibility index (Phi) is 13.3. The van der Waals surface area contributed by atoms with Crippen molar-refractivity contribution < 1.29 is 21.9 Å². The molecule has 0 spiro atoms. The molecular weight excluding hydrogens is 1360 g/mol. The van der Waals surface area contributed by atoms with Gasteiger partial charge in [0.1, 0.15) is 0 Å². The van der Waals surface area contributed by atoms with E-state index in [0.717, 1.165) is 128 Å². The Morgan fingerprint density at radius 1 is 0.248 bits per heavy atom. The van der Waals surface area contributed by atoms with Gasteiger partial charge in [-0.2, -0.15) is 0 Å². The van der Waals surface area contributed by atoms with Crippen LogP contribution >= 0.6 is 0 Å². The standard InChI is InChI=1S/C108H103BN4/c1-103(2,3)74-40-30-36-69(56-74)86-62-78(107(13,14)15)63-87(70-37-31-41-75(57-70)104(4,5)6)101(86)112-96-66-80(110-92-48-26-22-44-82(92)83-45-23-27-49-93(83)110)52-54-90(96)109-91-55-53-81(111-94-50-28-24-46-84(94)85-47-25-29-51-95(85)111)67-97(91)113(99-61-73(60-98(112)100(99)109)68-34-20-19-21-35-68)102-88(71-38-32-42-76(58-71)105(7,8)9)64-79(108(16,17)18)65-89(102)72-39-33-43-77(59-72)106(10,11)12/h19-67H,1-18H3/i22D,23D,24D,25D,26D,27D,28D,29D,44D,45D,46D,47D,48D,49D,50D,51D. The van der Waals surface area contributed by atoms with Crippen LogP contribution in [0.4, 0.5) is 34.1 Å². The van der Waals surface area contributed by atoms with Crippen LogP contribution in [0.2, 0.25) is 0 Å². The number of rotatable bonds is 9. The van der Waals surface area contributed by atoms with Crippen LogP contribution in [0, 0.1) is 0 Å².